The second kappa shape index (κ2) is 4.24. The number of carbonyl (C=O) groups is 1. The standard InChI is InChI=1S/C14H11N5O/c15-5-6-19-11-4-2-1-3-8(11)9-7-10(13(17)20)12(16)18-14(9)19/h1-4,7H,6H2,(H2,16,18)(H2,17,20). The lowest BCUT2D eigenvalue weighted by molar-refractivity contribution is 0.100. The smallest absolute Gasteiger partial charge is 0.252 e. The van der Waals surface area contributed by atoms with Crippen molar-refractivity contribution >= 4 is 33.7 Å². The lowest BCUT2D eigenvalue weighted by Crippen LogP contribution is -2.14. The Balaban J connectivity index is 2.50. The third-order valence-corrected chi connectivity index (χ3v) is 3.27. The largest absolute Gasteiger partial charge is 0.383 e. The van der Waals surface area contributed by atoms with Crippen LogP contribution in [0.25, 0.3) is 21.9 Å². The highest BCUT2D eigenvalue weighted by molar-refractivity contribution is 6.10. The Labute approximate surface area is 114 Å². The maximum Gasteiger partial charge on any atom is 0.252 e. The number of carbonyl (C=O) groups excluding carboxylic acids is 1. The highest BCUT2D eigenvalue weighted by Gasteiger charge is 2.16. The summed E-state index contributed by atoms with van der Waals surface area (Å²) in [6.07, 6.45) is 0. The van der Waals surface area contributed by atoms with E-state index in [0.717, 1.165) is 16.3 Å². The summed E-state index contributed by atoms with van der Waals surface area (Å²) in [5.74, 6) is -0.541. The molecule has 0 bridgehead atoms. The van der Waals surface area contributed by atoms with Gasteiger partial charge in [0.05, 0.1) is 17.1 Å². The molecule has 0 aliphatic carbocycles. The van der Waals surface area contributed by atoms with Crippen LogP contribution < -0.4 is 11.5 Å². The van der Waals surface area contributed by atoms with E-state index < -0.39 is 5.91 Å². The Morgan fingerprint density at radius 1 is 1.35 bits per heavy atom. The number of primary amides is 1. The molecule has 6 heteroatoms. The number of amides is 1. The minimum Gasteiger partial charge on any atom is -0.383 e. The highest BCUT2D eigenvalue weighted by Crippen LogP contribution is 2.29. The Morgan fingerprint density at radius 3 is 2.80 bits per heavy atom. The number of benzene rings is 1. The van der Waals surface area contributed by atoms with Gasteiger partial charge in [-0.05, 0) is 12.1 Å². The van der Waals surface area contributed by atoms with Crippen LogP contribution in [0.1, 0.15) is 10.4 Å². The highest BCUT2D eigenvalue weighted by atomic mass is 16.1. The molecule has 3 aromatic rings. The molecule has 0 fully saturated rings. The molecule has 4 N–H and O–H groups in total. The maximum atomic E-state index is 11.4. The van der Waals surface area contributed by atoms with Crippen LogP contribution >= 0.6 is 0 Å². The molecule has 3 rings (SSSR count). The fourth-order valence-corrected chi connectivity index (χ4v) is 2.40. The van der Waals surface area contributed by atoms with E-state index in [4.69, 9.17) is 16.7 Å². The third kappa shape index (κ3) is 1.57. The van der Waals surface area contributed by atoms with E-state index in [2.05, 4.69) is 11.1 Å². The van der Waals surface area contributed by atoms with Gasteiger partial charge >= 0.3 is 0 Å². The van der Waals surface area contributed by atoms with Crippen molar-refractivity contribution in [2.75, 3.05) is 5.73 Å². The van der Waals surface area contributed by atoms with E-state index in [1.165, 1.54) is 0 Å². The summed E-state index contributed by atoms with van der Waals surface area (Å²) in [5, 5.41) is 10.6. The Hall–Kier alpha value is -3.07. The van der Waals surface area contributed by atoms with Crippen molar-refractivity contribution in [3.8, 4) is 6.07 Å². The maximum absolute atomic E-state index is 11.4. The number of fused-ring (bicyclic) bond motifs is 3. The molecule has 1 amide bonds. The number of hydrogen-bond acceptors (Lipinski definition) is 4. The number of anilines is 1. The van der Waals surface area contributed by atoms with Crippen molar-refractivity contribution in [1.82, 2.24) is 9.55 Å². The van der Waals surface area contributed by atoms with E-state index in [-0.39, 0.29) is 17.9 Å². The average Bonchev–Trinajstić information content (AvgIpc) is 2.72. The molecule has 98 valence electrons. The van der Waals surface area contributed by atoms with Crippen molar-refractivity contribution in [3.63, 3.8) is 0 Å². The summed E-state index contributed by atoms with van der Waals surface area (Å²) < 4.78 is 1.77. The molecule has 6 nitrogen and oxygen atoms in total. The van der Waals surface area contributed by atoms with Gasteiger partial charge in [-0.25, -0.2) is 4.98 Å². The minimum atomic E-state index is -0.617. The van der Waals surface area contributed by atoms with Crippen molar-refractivity contribution in [2.24, 2.45) is 5.73 Å². The van der Waals surface area contributed by atoms with Gasteiger partial charge in [0.15, 0.2) is 0 Å². The Bertz CT molecular complexity index is 888. The summed E-state index contributed by atoms with van der Waals surface area (Å²) in [6.45, 7) is 0.159. The van der Waals surface area contributed by atoms with Crippen molar-refractivity contribution in [1.29, 1.82) is 5.26 Å². The van der Waals surface area contributed by atoms with Gasteiger partial charge in [-0.2, -0.15) is 5.26 Å². The first-order valence-electron chi connectivity index (χ1n) is 5.97. The second-order valence-corrected chi connectivity index (χ2v) is 4.42. The van der Waals surface area contributed by atoms with Crippen LogP contribution in [-0.2, 0) is 6.54 Å². The summed E-state index contributed by atoms with van der Waals surface area (Å²) in [5.41, 5.74) is 12.7. The summed E-state index contributed by atoms with van der Waals surface area (Å²) in [4.78, 5) is 15.6. The first kappa shape index (κ1) is 12.0. The van der Waals surface area contributed by atoms with Gasteiger partial charge in [0.1, 0.15) is 18.0 Å². The van der Waals surface area contributed by atoms with Gasteiger partial charge in [0.25, 0.3) is 5.91 Å². The number of pyridine rings is 1. The number of rotatable bonds is 2. The van der Waals surface area contributed by atoms with Crippen LogP contribution in [0.2, 0.25) is 0 Å². The zero-order valence-electron chi connectivity index (χ0n) is 10.5. The van der Waals surface area contributed by atoms with E-state index in [1.807, 2.05) is 24.3 Å². The van der Waals surface area contributed by atoms with Crippen LogP contribution in [-0.4, -0.2) is 15.5 Å². The van der Waals surface area contributed by atoms with Crippen LogP contribution in [0.3, 0.4) is 0 Å². The number of nitrogens with two attached hydrogens (primary N) is 2. The molecule has 0 spiro atoms. The number of nitrogens with zero attached hydrogens (tertiary/aromatic N) is 3. The molecule has 0 atom stereocenters. The van der Waals surface area contributed by atoms with Gasteiger partial charge in [-0.1, -0.05) is 18.2 Å². The molecule has 0 unspecified atom stereocenters. The predicted octanol–water partition coefficient (Wildman–Crippen LogP) is 1.39. The zero-order valence-corrected chi connectivity index (χ0v) is 10.5. The molecule has 0 aliphatic heterocycles. The van der Waals surface area contributed by atoms with Crippen LogP contribution in [0.5, 0.6) is 0 Å². The first-order chi connectivity index (χ1) is 9.63. The second-order valence-electron chi connectivity index (χ2n) is 4.42. The minimum absolute atomic E-state index is 0.0759. The number of aromatic nitrogens is 2. The molecule has 1 aromatic carbocycles. The molecule has 20 heavy (non-hydrogen) atoms. The lowest BCUT2D eigenvalue weighted by atomic mass is 10.1. The summed E-state index contributed by atoms with van der Waals surface area (Å²) in [6, 6.07) is 11.3. The zero-order chi connectivity index (χ0) is 14.3. The molecule has 0 radical (unpaired) electrons. The van der Waals surface area contributed by atoms with E-state index >= 15 is 0 Å². The average molecular weight is 265 g/mol. The predicted molar refractivity (Wildman–Crippen MR) is 75.8 cm³/mol. The number of hydrogen-bond donors (Lipinski definition) is 2. The number of nitrogen functional groups attached to an aromatic ring is 1. The Morgan fingerprint density at radius 2 is 2.10 bits per heavy atom. The van der Waals surface area contributed by atoms with Gasteiger partial charge in [-0.3, -0.25) is 4.79 Å². The van der Waals surface area contributed by atoms with E-state index in [1.54, 1.807) is 10.6 Å². The van der Waals surface area contributed by atoms with Gasteiger partial charge in [-0.15, -0.1) is 0 Å². The van der Waals surface area contributed by atoms with Crippen molar-refractivity contribution < 1.29 is 4.79 Å². The van der Waals surface area contributed by atoms with Gasteiger partial charge in [0.2, 0.25) is 0 Å². The quantitative estimate of drug-likeness (QED) is 0.729. The number of nitriles is 1. The van der Waals surface area contributed by atoms with E-state index in [9.17, 15) is 4.79 Å². The molecule has 2 aromatic heterocycles. The molecular weight excluding hydrogens is 254 g/mol. The number of para-hydroxylation sites is 1. The SMILES string of the molecule is N#CCn1c2ccccc2c2cc(C(N)=O)c(N)nc21. The van der Waals surface area contributed by atoms with Gasteiger partial charge in [0, 0.05) is 10.8 Å². The van der Waals surface area contributed by atoms with Gasteiger partial charge < -0.3 is 16.0 Å². The summed E-state index contributed by atoms with van der Waals surface area (Å²) >= 11 is 0. The van der Waals surface area contributed by atoms with Crippen LogP contribution in [0, 0.1) is 11.3 Å². The fraction of sp³-hybridized carbons (Fsp3) is 0.0714. The molecule has 0 aliphatic rings. The topological polar surface area (TPSA) is 111 Å². The molecular formula is C14H11N5O. The first-order valence-corrected chi connectivity index (χ1v) is 5.97. The van der Waals surface area contributed by atoms with Crippen molar-refractivity contribution in [3.05, 3.63) is 35.9 Å². The monoisotopic (exact) mass is 265 g/mol. The van der Waals surface area contributed by atoms with Crippen molar-refractivity contribution in [2.45, 2.75) is 6.54 Å². The molecule has 2 heterocycles. The van der Waals surface area contributed by atoms with Crippen LogP contribution in [0.15, 0.2) is 30.3 Å². The van der Waals surface area contributed by atoms with Crippen LogP contribution in [0.4, 0.5) is 5.82 Å². The van der Waals surface area contributed by atoms with E-state index in [0.29, 0.717) is 5.65 Å². The Kier molecular flexibility index (Phi) is 2.54. The summed E-state index contributed by atoms with van der Waals surface area (Å²) in [7, 11) is 0. The molecule has 0 saturated carbocycles. The fourth-order valence-electron chi connectivity index (χ4n) is 2.40. The third-order valence-electron chi connectivity index (χ3n) is 3.27. The normalized spacial score (nSPS) is 10.8. The molecule has 0 saturated heterocycles. The lowest BCUT2D eigenvalue weighted by Gasteiger charge is -2.03.